The van der Waals surface area contributed by atoms with Gasteiger partial charge in [-0.25, -0.2) is 0 Å². The summed E-state index contributed by atoms with van der Waals surface area (Å²) in [4.78, 5) is 0. The Morgan fingerprint density at radius 1 is 1.82 bits per heavy atom. The lowest BCUT2D eigenvalue weighted by Gasteiger charge is -1.91. The van der Waals surface area contributed by atoms with Crippen molar-refractivity contribution in [3.8, 4) is 11.8 Å². The monoisotopic (exact) mass is 169 g/mol. The topological polar surface area (TPSA) is 43.8 Å². The van der Waals surface area contributed by atoms with Gasteiger partial charge < -0.3 is 5.73 Å². The zero-order valence-electron chi connectivity index (χ0n) is 6.13. The minimum Gasteiger partial charge on any atom is -0.383 e. The molecular formula is C7H8ClN3. The number of hydrogen-bond acceptors (Lipinski definition) is 2. The molecule has 1 aromatic heterocycles. The number of nitrogens with two attached hydrogens (primary N) is 1. The van der Waals surface area contributed by atoms with E-state index >= 15 is 0 Å². The molecule has 0 saturated heterocycles. The Labute approximate surface area is 70.1 Å². The maximum Gasteiger partial charge on any atom is 0.137 e. The third-order valence-corrected chi connectivity index (χ3v) is 1.41. The van der Waals surface area contributed by atoms with Crippen LogP contribution in [0.1, 0.15) is 5.56 Å². The van der Waals surface area contributed by atoms with Crippen LogP contribution in [0.15, 0.2) is 6.20 Å². The molecule has 0 spiro atoms. The SMILES string of the molecule is Cn1ncc(C#CCCl)c1N. The Kier molecular flexibility index (Phi) is 2.40. The summed E-state index contributed by atoms with van der Waals surface area (Å²) in [7, 11) is 1.77. The highest BCUT2D eigenvalue weighted by Crippen LogP contribution is 2.06. The van der Waals surface area contributed by atoms with Gasteiger partial charge in [0, 0.05) is 7.05 Å². The molecule has 0 aliphatic rings. The van der Waals surface area contributed by atoms with Gasteiger partial charge in [-0.15, -0.1) is 11.6 Å². The summed E-state index contributed by atoms with van der Waals surface area (Å²) in [6.07, 6.45) is 1.62. The lowest BCUT2D eigenvalue weighted by molar-refractivity contribution is 0.779. The fraction of sp³-hybridized carbons (Fsp3) is 0.286. The Morgan fingerprint density at radius 3 is 3.00 bits per heavy atom. The van der Waals surface area contributed by atoms with Gasteiger partial charge in [-0.3, -0.25) is 4.68 Å². The number of halogens is 1. The summed E-state index contributed by atoms with van der Waals surface area (Å²) in [5.74, 6) is 6.38. The predicted octanol–water partition coefficient (Wildman–Crippen LogP) is 0.593. The summed E-state index contributed by atoms with van der Waals surface area (Å²) >= 11 is 5.37. The first-order valence-electron chi connectivity index (χ1n) is 3.08. The fourth-order valence-electron chi connectivity index (χ4n) is 0.672. The molecule has 0 unspecified atom stereocenters. The third-order valence-electron chi connectivity index (χ3n) is 1.27. The molecule has 0 saturated carbocycles. The normalized spacial score (nSPS) is 8.91. The summed E-state index contributed by atoms with van der Waals surface area (Å²) in [5.41, 5.74) is 6.33. The van der Waals surface area contributed by atoms with Gasteiger partial charge in [0.25, 0.3) is 0 Å². The first-order chi connectivity index (χ1) is 5.25. The molecule has 1 aromatic rings. The average Bonchev–Trinajstić information content (AvgIpc) is 2.31. The molecule has 58 valence electrons. The Balaban J connectivity index is 2.96. The smallest absolute Gasteiger partial charge is 0.137 e. The van der Waals surface area contributed by atoms with Crippen LogP contribution < -0.4 is 5.73 Å². The van der Waals surface area contributed by atoms with Gasteiger partial charge in [0.1, 0.15) is 5.82 Å². The van der Waals surface area contributed by atoms with E-state index in [1.807, 2.05) is 0 Å². The van der Waals surface area contributed by atoms with Crippen LogP contribution in [-0.4, -0.2) is 15.7 Å². The van der Waals surface area contributed by atoms with Gasteiger partial charge in [-0.1, -0.05) is 11.8 Å². The van der Waals surface area contributed by atoms with Gasteiger partial charge in [-0.2, -0.15) is 5.10 Å². The van der Waals surface area contributed by atoms with E-state index in [0.29, 0.717) is 11.7 Å². The van der Waals surface area contributed by atoms with Crippen molar-refractivity contribution in [2.24, 2.45) is 7.05 Å². The van der Waals surface area contributed by atoms with Crippen molar-refractivity contribution < 1.29 is 0 Å². The number of aryl methyl sites for hydroxylation is 1. The molecule has 2 N–H and O–H groups in total. The molecule has 0 fully saturated rings. The van der Waals surface area contributed by atoms with Gasteiger partial charge in [0.05, 0.1) is 17.6 Å². The molecular weight excluding hydrogens is 162 g/mol. The predicted molar refractivity (Wildman–Crippen MR) is 45.2 cm³/mol. The molecule has 11 heavy (non-hydrogen) atoms. The van der Waals surface area contributed by atoms with Crippen molar-refractivity contribution >= 4 is 17.4 Å². The standard InChI is InChI=1S/C7H8ClN3/c1-11-7(9)6(5-10-11)3-2-4-8/h5H,4,9H2,1H3. The van der Waals surface area contributed by atoms with Gasteiger partial charge in [-0.05, 0) is 0 Å². The van der Waals surface area contributed by atoms with Gasteiger partial charge >= 0.3 is 0 Å². The second-order valence-electron chi connectivity index (χ2n) is 2.00. The van der Waals surface area contributed by atoms with E-state index in [0.717, 1.165) is 5.56 Å². The van der Waals surface area contributed by atoms with E-state index in [1.54, 1.807) is 17.9 Å². The fourth-order valence-corrected chi connectivity index (χ4v) is 0.739. The van der Waals surface area contributed by atoms with Gasteiger partial charge in [0.2, 0.25) is 0 Å². The summed E-state index contributed by atoms with van der Waals surface area (Å²) in [6.45, 7) is 0. The van der Waals surface area contributed by atoms with Crippen LogP contribution in [-0.2, 0) is 7.05 Å². The number of nitrogens with zero attached hydrogens (tertiary/aromatic N) is 2. The minimum absolute atomic E-state index is 0.314. The van der Waals surface area contributed by atoms with Crippen molar-refractivity contribution in [1.82, 2.24) is 9.78 Å². The van der Waals surface area contributed by atoms with Crippen LogP contribution in [0.2, 0.25) is 0 Å². The Bertz CT molecular complexity index is 305. The summed E-state index contributed by atoms with van der Waals surface area (Å²) < 4.78 is 1.57. The Hall–Kier alpha value is -1.14. The molecule has 0 aliphatic carbocycles. The third kappa shape index (κ3) is 1.66. The largest absolute Gasteiger partial charge is 0.383 e. The maximum atomic E-state index is 5.60. The van der Waals surface area contributed by atoms with Gasteiger partial charge in [0.15, 0.2) is 0 Å². The molecule has 0 aliphatic heterocycles. The zero-order chi connectivity index (χ0) is 8.27. The molecule has 0 bridgehead atoms. The lowest BCUT2D eigenvalue weighted by Crippen LogP contribution is -1.98. The highest BCUT2D eigenvalue weighted by atomic mass is 35.5. The molecule has 3 nitrogen and oxygen atoms in total. The van der Waals surface area contributed by atoms with Crippen LogP contribution in [0.4, 0.5) is 5.82 Å². The molecule has 0 aromatic carbocycles. The van der Waals surface area contributed by atoms with Crippen molar-refractivity contribution in [2.75, 3.05) is 11.6 Å². The first-order valence-corrected chi connectivity index (χ1v) is 3.61. The number of anilines is 1. The second-order valence-corrected chi connectivity index (χ2v) is 2.27. The van der Waals surface area contributed by atoms with E-state index in [4.69, 9.17) is 17.3 Å². The van der Waals surface area contributed by atoms with E-state index in [2.05, 4.69) is 16.9 Å². The summed E-state index contributed by atoms with van der Waals surface area (Å²) in [5, 5.41) is 3.92. The van der Waals surface area contributed by atoms with Crippen molar-refractivity contribution in [2.45, 2.75) is 0 Å². The number of nitrogen functional groups attached to an aromatic ring is 1. The van der Waals surface area contributed by atoms with Crippen LogP contribution in [0.25, 0.3) is 0 Å². The number of aromatic nitrogens is 2. The van der Waals surface area contributed by atoms with Crippen LogP contribution in [0.3, 0.4) is 0 Å². The number of hydrogen-bond donors (Lipinski definition) is 1. The average molecular weight is 170 g/mol. The number of alkyl halides is 1. The lowest BCUT2D eigenvalue weighted by atomic mass is 10.3. The maximum absolute atomic E-state index is 5.60. The van der Waals surface area contributed by atoms with Crippen LogP contribution in [0, 0.1) is 11.8 Å². The minimum atomic E-state index is 0.314. The molecule has 0 radical (unpaired) electrons. The van der Waals surface area contributed by atoms with E-state index < -0.39 is 0 Å². The van der Waals surface area contributed by atoms with Crippen molar-refractivity contribution in [3.05, 3.63) is 11.8 Å². The van der Waals surface area contributed by atoms with Crippen LogP contribution >= 0.6 is 11.6 Å². The highest BCUT2D eigenvalue weighted by Gasteiger charge is 1.98. The van der Waals surface area contributed by atoms with Crippen molar-refractivity contribution in [1.29, 1.82) is 0 Å². The molecule has 0 amide bonds. The van der Waals surface area contributed by atoms with E-state index in [1.165, 1.54) is 0 Å². The zero-order valence-corrected chi connectivity index (χ0v) is 6.89. The molecule has 1 rings (SSSR count). The molecule has 0 atom stereocenters. The molecule has 1 heterocycles. The second kappa shape index (κ2) is 3.31. The van der Waals surface area contributed by atoms with E-state index in [9.17, 15) is 0 Å². The quantitative estimate of drug-likeness (QED) is 0.457. The Morgan fingerprint density at radius 2 is 2.55 bits per heavy atom. The highest BCUT2D eigenvalue weighted by molar-refractivity contribution is 6.19. The number of rotatable bonds is 0. The summed E-state index contributed by atoms with van der Waals surface area (Å²) in [6, 6.07) is 0. The first kappa shape index (κ1) is 7.96. The van der Waals surface area contributed by atoms with Crippen molar-refractivity contribution in [3.63, 3.8) is 0 Å². The molecule has 4 heteroatoms. The van der Waals surface area contributed by atoms with E-state index in [-0.39, 0.29) is 0 Å². The van der Waals surface area contributed by atoms with Crippen LogP contribution in [0.5, 0.6) is 0 Å².